The number of hydrogen-bond donors (Lipinski definition) is 2. The number of aryl methyl sites for hydroxylation is 1. The molecule has 5 atom stereocenters. The van der Waals surface area contributed by atoms with Crippen LogP contribution in [0.3, 0.4) is 0 Å². The molecular weight excluding hydrogens is 831 g/mol. The van der Waals surface area contributed by atoms with E-state index in [4.69, 9.17) is 28.5 Å². The van der Waals surface area contributed by atoms with Gasteiger partial charge in [0.1, 0.15) is 6.61 Å². The Labute approximate surface area is 378 Å². The predicted molar refractivity (Wildman–Crippen MR) is 242 cm³/mol. The molecule has 0 radical (unpaired) electrons. The molecule has 1 aliphatic heterocycles. The van der Waals surface area contributed by atoms with Crippen LogP contribution >= 0.6 is 0 Å². The van der Waals surface area contributed by atoms with Crippen LogP contribution in [0, 0.1) is 6.92 Å². The number of benzene rings is 4. The van der Waals surface area contributed by atoms with E-state index in [1.54, 1.807) is 38.7 Å². The van der Waals surface area contributed by atoms with E-state index in [1.165, 1.54) is 6.08 Å². The first-order chi connectivity index (χ1) is 31.5. The number of amides is 2. The van der Waals surface area contributed by atoms with Gasteiger partial charge >= 0.3 is 24.0 Å². The zero-order chi connectivity index (χ0) is 46.0. The highest BCUT2D eigenvalue weighted by molar-refractivity contribution is 5.91. The molecule has 2 N–H and O–H groups in total. The van der Waals surface area contributed by atoms with Gasteiger partial charge in [-0.25, -0.2) is 15.1 Å². The Hall–Kier alpha value is -6.77. The number of para-hydroxylation sites is 1. The van der Waals surface area contributed by atoms with E-state index >= 15 is 0 Å². The minimum absolute atomic E-state index is 0.00497. The highest BCUT2D eigenvalue weighted by Crippen LogP contribution is 2.44. The summed E-state index contributed by atoms with van der Waals surface area (Å²) in [5.74, 6) is -2.59. The Balaban J connectivity index is 1.02. The average molecular weight is 886 g/mol. The number of nitrogens with one attached hydrogen (secondary N) is 2. The molecule has 14 heteroatoms. The number of hydrogen-bond acceptors (Lipinski definition) is 11. The summed E-state index contributed by atoms with van der Waals surface area (Å²) in [6, 6.07) is 32.0. The second-order valence-corrected chi connectivity index (χ2v) is 16.0. The summed E-state index contributed by atoms with van der Waals surface area (Å²) in [5, 5.41) is 1.12. The first-order valence-electron chi connectivity index (χ1n) is 22.1. The number of fused-ring (bicyclic) bond motifs is 4. The number of esters is 3. The number of carbonyl (C=O) groups is 5. The zero-order valence-electron chi connectivity index (χ0n) is 37.2. The summed E-state index contributed by atoms with van der Waals surface area (Å²) >= 11 is 0. The summed E-state index contributed by atoms with van der Waals surface area (Å²) in [5.41, 5.74) is 11.7. The van der Waals surface area contributed by atoms with Crippen molar-refractivity contribution >= 4 is 46.9 Å². The molecule has 14 nitrogen and oxygen atoms in total. The molecule has 2 aliphatic rings. The van der Waals surface area contributed by atoms with E-state index in [2.05, 4.69) is 40.8 Å². The van der Waals surface area contributed by atoms with Crippen LogP contribution in [0.5, 0.6) is 0 Å². The Kier molecular flexibility index (Phi) is 15.1. The minimum Gasteiger partial charge on any atom is -0.455 e. The molecule has 5 aromatic rings. The van der Waals surface area contributed by atoms with E-state index in [1.807, 2.05) is 73.7 Å². The smallest absolute Gasteiger partial charge is 0.410 e. The van der Waals surface area contributed by atoms with Gasteiger partial charge in [-0.1, -0.05) is 112 Å². The van der Waals surface area contributed by atoms with Gasteiger partial charge in [0.05, 0.1) is 6.10 Å². The van der Waals surface area contributed by atoms with Gasteiger partial charge in [-0.05, 0) is 71.4 Å². The van der Waals surface area contributed by atoms with Crippen molar-refractivity contribution in [3.05, 3.63) is 137 Å². The Morgan fingerprint density at radius 3 is 1.97 bits per heavy atom. The van der Waals surface area contributed by atoms with Crippen LogP contribution < -0.4 is 5.48 Å². The van der Waals surface area contributed by atoms with Crippen molar-refractivity contribution in [2.45, 2.75) is 103 Å². The molecule has 0 unspecified atom stereocenters. The summed E-state index contributed by atoms with van der Waals surface area (Å²) < 4.78 is 28.8. The molecule has 2 amide bonds. The SMILES string of the molecule is CCC(=O)O[C@H]1[C@H](OC(=O)CC)[C@H](ONC(=O)/C=C/c2ccc(CN(CCc3c(C)[nH]c4ccccc34)C(=O)OCC3c4ccccc4-c4ccccc43)cc2)O[C@@H](C)[C@H]1OC(=O)CC. The van der Waals surface area contributed by atoms with Crippen LogP contribution in [-0.2, 0) is 60.7 Å². The molecule has 4 aromatic carbocycles. The molecule has 1 aliphatic carbocycles. The largest absolute Gasteiger partial charge is 0.455 e. The fraction of sp³-hybridized carbons (Fsp3) is 0.353. The van der Waals surface area contributed by atoms with Gasteiger partial charge in [-0.2, -0.15) is 0 Å². The standard InChI is InChI=1S/C51H55N3O11/c1-6-44(56)62-47-32(5)61-50(49(64-46(58)8-3)48(47)63-45(57)7-2)65-53-43(55)26-25-33-21-23-34(24-22-33)29-54(28-27-35-31(4)52-42-20-14-13-19-40(35)42)51(59)60-30-41-38-17-11-9-15-36(38)37-16-10-12-18-39(37)41/h9-26,32,41,47-50,52H,6-8,27-30H2,1-5H3,(H,53,55)/b26-25+/t32-,47+,48+,49-,50-/m0/s1. The molecule has 2 heterocycles. The first-order valence-corrected chi connectivity index (χ1v) is 22.1. The van der Waals surface area contributed by atoms with Crippen LogP contribution in [0.15, 0.2) is 103 Å². The zero-order valence-corrected chi connectivity index (χ0v) is 37.2. The Morgan fingerprint density at radius 1 is 0.738 bits per heavy atom. The van der Waals surface area contributed by atoms with Crippen molar-refractivity contribution < 1.29 is 52.5 Å². The lowest BCUT2D eigenvalue weighted by Gasteiger charge is -2.43. The highest BCUT2D eigenvalue weighted by atomic mass is 16.8. The molecular formula is C51H55N3O11. The van der Waals surface area contributed by atoms with E-state index in [9.17, 15) is 24.0 Å². The van der Waals surface area contributed by atoms with Crippen LogP contribution in [0.2, 0.25) is 0 Å². The van der Waals surface area contributed by atoms with Crippen LogP contribution in [-0.4, -0.2) is 83.6 Å². The van der Waals surface area contributed by atoms with Crippen molar-refractivity contribution in [2.75, 3.05) is 13.2 Å². The monoisotopic (exact) mass is 885 g/mol. The normalized spacial score (nSPS) is 19.0. The van der Waals surface area contributed by atoms with Gasteiger partial charge in [0.2, 0.25) is 6.29 Å². The molecule has 0 spiro atoms. The van der Waals surface area contributed by atoms with Crippen LogP contribution in [0.1, 0.15) is 86.4 Å². The second-order valence-electron chi connectivity index (χ2n) is 16.0. The molecule has 0 saturated carbocycles. The van der Waals surface area contributed by atoms with Gasteiger partial charge in [-0.15, -0.1) is 0 Å². The molecule has 7 rings (SSSR count). The summed E-state index contributed by atoms with van der Waals surface area (Å²) in [6.45, 7) is 9.31. The van der Waals surface area contributed by atoms with E-state index in [-0.39, 0.29) is 38.3 Å². The molecule has 1 saturated heterocycles. The lowest BCUT2D eigenvalue weighted by atomic mass is 9.98. The summed E-state index contributed by atoms with van der Waals surface area (Å²) in [7, 11) is 0. The van der Waals surface area contributed by atoms with Crippen molar-refractivity contribution in [2.24, 2.45) is 0 Å². The molecule has 1 aromatic heterocycles. The fourth-order valence-corrected chi connectivity index (χ4v) is 8.30. The lowest BCUT2D eigenvalue weighted by molar-refractivity contribution is -0.312. The van der Waals surface area contributed by atoms with Crippen molar-refractivity contribution in [1.82, 2.24) is 15.4 Å². The topological polar surface area (TPSA) is 172 Å². The number of aromatic nitrogens is 1. The summed E-state index contributed by atoms with van der Waals surface area (Å²) in [6.07, 6.45) is -2.97. The quantitative estimate of drug-likeness (QED) is 0.0399. The van der Waals surface area contributed by atoms with Crippen molar-refractivity contribution in [3.63, 3.8) is 0 Å². The Bertz CT molecular complexity index is 2490. The van der Waals surface area contributed by atoms with Gasteiger partial charge in [0, 0.05) is 60.9 Å². The number of aromatic amines is 1. The number of carbonyl (C=O) groups excluding carboxylic acids is 5. The fourth-order valence-electron chi connectivity index (χ4n) is 8.30. The van der Waals surface area contributed by atoms with E-state index in [0.29, 0.717) is 18.5 Å². The van der Waals surface area contributed by atoms with E-state index < -0.39 is 60.6 Å². The first kappa shape index (κ1) is 46.2. The number of H-pyrrole nitrogens is 1. The Morgan fingerprint density at radius 2 is 1.32 bits per heavy atom. The highest BCUT2D eigenvalue weighted by Gasteiger charge is 2.52. The second kappa shape index (κ2) is 21.3. The molecule has 0 bridgehead atoms. The van der Waals surface area contributed by atoms with Gasteiger partial charge in [0.15, 0.2) is 18.3 Å². The van der Waals surface area contributed by atoms with Gasteiger partial charge < -0.3 is 33.6 Å². The maximum absolute atomic E-state index is 14.1. The maximum atomic E-state index is 14.1. The molecule has 340 valence electrons. The van der Waals surface area contributed by atoms with Gasteiger partial charge in [0.25, 0.3) is 5.91 Å². The van der Waals surface area contributed by atoms with Crippen LogP contribution in [0.25, 0.3) is 28.1 Å². The minimum atomic E-state index is -1.41. The molecule has 1 fully saturated rings. The third-order valence-corrected chi connectivity index (χ3v) is 11.7. The van der Waals surface area contributed by atoms with E-state index in [0.717, 1.165) is 50.0 Å². The number of ether oxygens (including phenoxy) is 5. The van der Waals surface area contributed by atoms with Crippen molar-refractivity contribution in [1.29, 1.82) is 0 Å². The van der Waals surface area contributed by atoms with Gasteiger partial charge in [-0.3, -0.25) is 19.2 Å². The maximum Gasteiger partial charge on any atom is 0.410 e. The average Bonchev–Trinajstić information content (AvgIpc) is 3.82. The number of nitrogens with zero attached hydrogens (tertiary/aromatic N) is 1. The number of hydroxylamine groups is 1. The number of rotatable bonds is 17. The third-order valence-electron chi connectivity index (χ3n) is 11.7. The lowest BCUT2D eigenvalue weighted by Crippen LogP contribution is -2.62. The van der Waals surface area contributed by atoms with Crippen molar-refractivity contribution in [3.8, 4) is 11.1 Å². The summed E-state index contributed by atoms with van der Waals surface area (Å²) in [4.78, 5) is 75.1. The third kappa shape index (κ3) is 11.0. The predicted octanol–water partition coefficient (Wildman–Crippen LogP) is 8.24. The van der Waals surface area contributed by atoms with Crippen LogP contribution in [0.4, 0.5) is 4.79 Å². The molecule has 65 heavy (non-hydrogen) atoms.